The maximum atomic E-state index is 13.2. The zero-order valence-electron chi connectivity index (χ0n) is 20.2. The second kappa shape index (κ2) is 8.50. The summed E-state index contributed by atoms with van der Waals surface area (Å²) in [5, 5.41) is 9.39. The summed E-state index contributed by atoms with van der Waals surface area (Å²) in [7, 11) is 0. The van der Waals surface area contributed by atoms with Gasteiger partial charge in [-0.15, -0.1) is 0 Å². The van der Waals surface area contributed by atoms with E-state index in [1.165, 1.54) is 11.3 Å². The van der Waals surface area contributed by atoms with Crippen LogP contribution in [0.5, 0.6) is 0 Å². The molecular weight excluding hydrogens is 416 g/mol. The van der Waals surface area contributed by atoms with Crippen LogP contribution in [0, 0.1) is 17.8 Å². The zero-order chi connectivity index (χ0) is 24.1. The molecule has 4 fully saturated rings. The minimum atomic E-state index is -1.10. The van der Waals surface area contributed by atoms with Crippen LogP contribution in [-0.2, 0) is 9.59 Å². The van der Waals surface area contributed by atoms with Gasteiger partial charge in [-0.25, -0.2) is 4.79 Å². The van der Waals surface area contributed by atoms with Gasteiger partial charge in [-0.1, -0.05) is 25.7 Å². The minimum Gasteiger partial charge on any atom is -0.477 e. The fraction of sp³-hybridized carbons (Fsp3) is 0.577. The van der Waals surface area contributed by atoms with Crippen molar-refractivity contribution in [3.8, 4) is 0 Å². The second-order valence-corrected chi connectivity index (χ2v) is 10.0. The fourth-order valence-electron chi connectivity index (χ4n) is 5.85. The highest BCUT2D eigenvalue weighted by atomic mass is 16.4. The van der Waals surface area contributed by atoms with Gasteiger partial charge in [0.05, 0.1) is 5.54 Å². The molecule has 3 aliphatic carbocycles. The van der Waals surface area contributed by atoms with Crippen molar-refractivity contribution in [3.05, 3.63) is 46.8 Å². The van der Waals surface area contributed by atoms with E-state index in [0.717, 1.165) is 43.6 Å². The van der Waals surface area contributed by atoms with Crippen molar-refractivity contribution in [1.29, 1.82) is 0 Å². The van der Waals surface area contributed by atoms with Crippen LogP contribution in [0.3, 0.4) is 0 Å². The predicted octanol–water partition coefficient (Wildman–Crippen LogP) is 3.11. The first-order chi connectivity index (χ1) is 15.6. The van der Waals surface area contributed by atoms with Crippen LogP contribution in [0.1, 0.15) is 47.0 Å². The van der Waals surface area contributed by atoms with Crippen LogP contribution in [0.2, 0.25) is 0 Å². The molecule has 4 aliphatic rings. The summed E-state index contributed by atoms with van der Waals surface area (Å²) in [5.74, 6) is -0.0355. The molecule has 1 saturated heterocycles. The van der Waals surface area contributed by atoms with Crippen molar-refractivity contribution < 1.29 is 14.7 Å². The summed E-state index contributed by atoms with van der Waals surface area (Å²) in [5.41, 5.74) is 10.6. The van der Waals surface area contributed by atoms with Crippen LogP contribution in [0.15, 0.2) is 51.8 Å². The van der Waals surface area contributed by atoms with Gasteiger partial charge in [-0.05, 0) is 68.9 Å². The lowest BCUT2D eigenvalue weighted by Crippen LogP contribution is -2.57. The van der Waals surface area contributed by atoms with Crippen LogP contribution in [0.4, 0.5) is 0 Å². The summed E-state index contributed by atoms with van der Waals surface area (Å²) in [6, 6.07) is 0. The van der Waals surface area contributed by atoms with E-state index in [2.05, 4.69) is 50.2 Å². The van der Waals surface area contributed by atoms with Crippen molar-refractivity contribution in [1.82, 2.24) is 9.80 Å². The molecule has 3 N–H and O–H groups in total. The normalized spacial score (nSPS) is 31.3. The molecule has 7 nitrogen and oxygen atoms in total. The number of carbonyl (C=O) groups is 2. The van der Waals surface area contributed by atoms with Gasteiger partial charge in [0, 0.05) is 36.6 Å². The maximum Gasteiger partial charge on any atom is 0.352 e. The average Bonchev–Trinajstić information content (AvgIpc) is 3.65. The number of allylic oxidation sites excluding steroid dienone is 5. The molecule has 0 bridgehead atoms. The lowest BCUT2D eigenvalue weighted by atomic mass is 10.0. The monoisotopic (exact) mass is 452 g/mol. The zero-order valence-corrected chi connectivity index (χ0v) is 20.2. The number of carboxylic acids is 1. The largest absolute Gasteiger partial charge is 0.477 e. The second-order valence-electron chi connectivity index (χ2n) is 10.0. The summed E-state index contributed by atoms with van der Waals surface area (Å²) < 4.78 is 0. The molecule has 0 radical (unpaired) electrons. The molecule has 7 heteroatoms. The van der Waals surface area contributed by atoms with Crippen LogP contribution in [0.25, 0.3) is 0 Å². The lowest BCUT2D eigenvalue weighted by molar-refractivity contribution is -0.135. The number of carbonyl (C=O) groups excluding carboxylic acids is 1. The number of aliphatic imine (C=N–C) groups is 1. The molecule has 3 saturated carbocycles. The van der Waals surface area contributed by atoms with Crippen LogP contribution in [-0.4, -0.2) is 64.2 Å². The van der Waals surface area contributed by atoms with E-state index in [-0.39, 0.29) is 29.6 Å². The number of nitrogens with zero attached hydrogens (tertiary/aromatic N) is 3. The Morgan fingerprint density at radius 2 is 2.00 bits per heavy atom. The number of amides is 1. The third-order valence-electron chi connectivity index (χ3n) is 8.24. The Bertz CT molecular complexity index is 1010. The fourth-order valence-corrected chi connectivity index (χ4v) is 5.85. The summed E-state index contributed by atoms with van der Waals surface area (Å²) in [6.45, 7) is 14.6. The SMILES string of the molecule is C=C/C(C)=C(C)\C(=C/C)N1CCN(C(=O)CN=C2CC3C(C)C3/C2=C(/N)C(=O)O)C2(CC2)C1. The molecule has 1 heterocycles. The maximum absolute atomic E-state index is 13.2. The van der Waals surface area contributed by atoms with Crippen molar-refractivity contribution in [3.63, 3.8) is 0 Å². The van der Waals surface area contributed by atoms with E-state index >= 15 is 0 Å². The third kappa shape index (κ3) is 4.02. The van der Waals surface area contributed by atoms with Gasteiger partial charge < -0.3 is 20.6 Å². The highest BCUT2D eigenvalue weighted by molar-refractivity contribution is 6.10. The number of rotatable bonds is 6. The van der Waals surface area contributed by atoms with E-state index in [1.807, 2.05) is 11.0 Å². The van der Waals surface area contributed by atoms with Gasteiger partial charge in [0.1, 0.15) is 12.2 Å². The molecule has 33 heavy (non-hydrogen) atoms. The molecule has 0 aromatic heterocycles. The molecule has 0 aromatic rings. The average molecular weight is 453 g/mol. The first kappa shape index (κ1) is 23.3. The van der Waals surface area contributed by atoms with Crippen molar-refractivity contribution in [2.24, 2.45) is 28.5 Å². The Kier molecular flexibility index (Phi) is 6.01. The number of fused-ring (bicyclic) bond motifs is 1. The summed E-state index contributed by atoms with van der Waals surface area (Å²) in [4.78, 5) is 33.7. The number of carboxylic acid groups (broad SMARTS) is 1. The molecule has 3 atom stereocenters. The van der Waals surface area contributed by atoms with Crippen molar-refractivity contribution in [2.75, 3.05) is 26.2 Å². The van der Waals surface area contributed by atoms with E-state index in [4.69, 9.17) is 5.73 Å². The van der Waals surface area contributed by atoms with E-state index in [1.54, 1.807) is 0 Å². The third-order valence-corrected chi connectivity index (χ3v) is 8.24. The van der Waals surface area contributed by atoms with Crippen LogP contribution >= 0.6 is 0 Å². The van der Waals surface area contributed by atoms with Gasteiger partial charge in [-0.3, -0.25) is 9.79 Å². The Morgan fingerprint density at radius 1 is 1.30 bits per heavy atom. The van der Waals surface area contributed by atoms with E-state index < -0.39 is 5.97 Å². The van der Waals surface area contributed by atoms with Gasteiger partial charge in [0.25, 0.3) is 0 Å². The first-order valence-electron chi connectivity index (χ1n) is 11.9. The molecule has 178 valence electrons. The van der Waals surface area contributed by atoms with Gasteiger partial charge >= 0.3 is 5.97 Å². The van der Waals surface area contributed by atoms with Crippen molar-refractivity contribution in [2.45, 2.75) is 52.5 Å². The van der Waals surface area contributed by atoms with Gasteiger partial charge in [-0.2, -0.15) is 0 Å². The van der Waals surface area contributed by atoms with Gasteiger partial charge in [0.2, 0.25) is 5.91 Å². The molecule has 3 unspecified atom stereocenters. The topological polar surface area (TPSA) is 99.2 Å². The Balaban J connectivity index is 1.46. The summed E-state index contributed by atoms with van der Waals surface area (Å²) in [6.07, 6.45) is 6.77. The standard InChI is InChI=1S/C26H36N4O3/c1-6-15(3)16(4)20(7-2)29-10-11-30(26(14-29)8-9-26)21(31)13-28-19-12-18-17(5)22(18)23(19)24(27)25(32)33/h6-7,17-18,22H,1,8-14,27H2,2-5H3,(H,32,33)/b16-15-,20-7+,24-23+,28-19?. The smallest absolute Gasteiger partial charge is 0.352 e. The Labute approximate surface area is 196 Å². The molecule has 1 spiro atoms. The van der Waals surface area contributed by atoms with Gasteiger partial charge in [0.15, 0.2) is 0 Å². The predicted molar refractivity (Wildman–Crippen MR) is 129 cm³/mol. The van der Waals surface area contributed by atoms with Crippen LogP contribution < -0.4 is 5.73 Å². The minimum absolute atomic E-state index is 0.0260. The number of hydrogen-bond donors (Lipinski definition) is 2. The number of hydrogen-bond acceptors (Lipinski definition) is 5. The Morgan fingerprint density at radius 3 is 2.58 bits per heavy atom. The Hall–Kier alpha value is -2.83. The van der Waals surface area contributed by atoms with E-state index in [9.17, 15) is 14.7 Å². The highest BCUT2D eigenvalue weighted by Crippen LogP contribution is 2.59. The quantitative estimate of drug-likeness (QED) is 0.477. The van der Waals surface area contributed by atoms with Crippen molar-refractivity contribution >= 4 is 17.6 Å². The molecular formula is C26H36N4O3. The number of nitrogens with two attached hydrogens (primary N) is 1. The first-order valence-corrected chi connectivity index (χ1v) is 11.9. The molecule has 1 amide bonds. The summed E-state index contributed by atoms with van der Waals surface area (Å²) >= 11 is 0. The molecule has 4 rings (SSSR count). The van der Waals surface area contributed by atoms with E-state index in [0.29, 0.717) is 24.0 Å². The number of piperazine rings is 1. The lowest BCUT2D eigenvalue weighted by Gasteiger charge is -2.44. The molecule has 0 aromatic carbocycles. The number of aliphatic carboxylic acids is 1. The molecule has 1 aliphatic heterocycles. The highest BCUT2D eigenvalue weighted by Gasteiger charge is 2.57.